The molecule has 0 aliphatic carbocycles. The maximum Gasteiger partial charge on any atom is 0.225 e. The molecule has 0 unspecified atom stereocenters. The molecule has 20 heavy (non-hydrogen) atoms. The molecule has 118 valence electrons. The summed E-state index contributed by atoms with van der Waals surface area (Å²) in [5.74, 6) is 0.252. The fraction of sp³-hybridized carbons (Fsp3) is 0.941. The van der Waals surface area contributed by atoms with Gasteiger partial charge in [-0.2, -0.15) is 0 Å². The zero-order chi connectivity index (χ0) is 14.8. The van der Waals surface area contributed by atoms with Gasteiger partial charge in [-0.05, 0) is 20.3 Å². The van der Waals surface area contributed by atoms with E-state index in [4.69, 9.17) is 4.74 Å². The highest BCUT2D eigenvalue weighted by Crippen LogP contribution is 2.30. The van der Waals surface area contributed by atoms with Gasteiger partial charge in [0.1, 0.15) is 0 Å². The van der Waals surface area contributed by atoms with E-state index in [1.807, 2.05) is 18.7 Å². The van der Waals surface area contributed by atoms with Crippen molar-refractivity contribution in [3.8, 4) is 0 Å². The monoisotopic (exact) mass is 283 g/mol. The molecule has 0 aromatic heterocycles. The molecule has 0 saturated carbocycles. The molecule has 1 amide bonds. The molecule has 1 aliphatic rings. The Bertz CT molecular complexity index is 264. The smallest absolute Gasteiger partial charge is 0.225 e. The van der Waals surface area contributed by atoms with Crippen LogP contribution in [0.25, 0.3) is 0 Å². The van der Waals surface area contributed by atoms with Crippen molar-refractivity contribution in [2.45, 2.75) is 90.8 Å². The van der Waals surface area contributed by atoms with Crippen LogP contribution in [-0.4, -0.2) is 36.1 Å². The predicted molar refractivity (Wildman–Crippen MR) is 83.8 cm³/mol. The number of amides is 1. The van der Waals surface area contributed by atoms with Gasteiger partial charge in [-0.3, -0.25) is 4.79 Å². The van der Waals surface area contributed by atoms with Gasteiger partial charge in [0.25, 0.3) is 0 Å². The van der Waals surface area contributed by atoms with Crippen molar-refractivity contribution < 1.29 is 9.53 Å². The highest BCUT2D eigenvalue weighted by molar-refractivity contribution is 5.77. The van der Waals surface area contributed by atoms with Gasteiger partial charge in [0.2, 0.25) is 5.91 Å². The van der Waals surface area contributed by atoms with E-state index in [0.717, 1.165) is 19.5 Å². The van der Waals surface area contributed by atoms with Crippen molar-refractivity contribution in [1.82, 2.24) is 4.90 Å². The molecule has 1 saturated heterocycles. The van der Waals surface area contributed by atoms with Crippen LogP contribution < -0.4 is 0 Å². The minimum atomic E-state index is 0.211. The van der Waals surface area contributed by atoms with Crippen molar-refractivity contribution in [2.24, 2.45) is 0 Å². The second-order valence-electron chi connectivity index (χ2n) is 5.89. The van der Waals surface area contributed by atoms with Crippen LogP contribution in [0.2, 0.25) is 0 Å². The van der Waals surface area contributed by atoms with Gasteiger partial charge in [0.05, 0.1) is 18.6 Å². The van der Waals surface area contributed by atoms with Crippen LogP contribution in [0.3, 0.4) is 0 Å². The van der Waals surface area contributed by atoms with E-state index >= 15 is 0 Å². The molecule has 1 heterocycles. The van der Waals surface area contributed by atoms with Crippen LogP contribution in [-0.2, 0) is 9.53 Å². The van der Waals surface area contributed by atoms with E-state index < -0.39 is 0 Å². The Balaban J connectivity index is 1.97. The molecule has 1 fully saturated rings. The van der Waals surface area contributed by atoms with Gasteiger partial charge in [0.15, 0.2) is 0 Å². The largest absolute Gasteiger partial charge is 0.369 e. The molecular formula is C17H33NO2. The Kier molecular flexibility index (Phi) is 8.92. The maximum atomic E-state index is 11.9. The average molecular weight is 283 g/mol. The summed E-state index contributed by atoms with van der Waals surface area (Å²) in [4.78, 5) is 13.8. The summed E-state index contributed by atoms with van der Waals surface area (Å²) in [5.41, 5.74) is 0. The van der Waals surface area contributed by atoms with E-state index in [1.165, 1.54) is 44.9 Å². The Labute approximate surface area is 125 Å². The van der Waals surface area contributed by atoms with Gasteiger partial charge >= 0.3 is 0 Å². The Morgan fingerprint density at radius 2 is 1.50 bits per heavy atom. The molecule has 3 nitrogen and oxygen atoms in total. The van der Waals surface area contributed by atoms with Crippen LogP contribution >= 0.6 is 0 Å². The molecule has 3 heteroatoms. The maximum absolute atomic E-state index is 11.9. The summed E-state index contributed by atoms with van der Waals surface area (Å²) in [7, 11) is 0. The summed E-state index contributed by atoms with van der Waals surface area (Å²) < 4.78 is 5.62. The third-order valence-electron chi connectivity index (χ3n) is 4.27. The second-order valence-corrected chi connectivity index (χ2v) is 5.89. The molecule has 0 aromatic rings. The van der Waals surface area contributed by atoms with Crippen LogP contribution in [0, 0.1) is 0 Å². The van der Waals surface area contributed by atoms with Crippen LogP contribution in [0.4, 0.5) is 0 Å². The first-order valence-electron chi connectivity index (χ1n) is 8.66. The minimum Gasteiger partial charge on any atom is -0.369 e. The van der Waals surface area contributed by atoms with E-state index in [-0.39, 0.29) is 12.0 Å². The summed E-state index contributed by atoms with van der Waals surface area (Å²) in [6.07, 6.45) is 11.7. The van der Waals surface area contributed by atoms with Crippen molar-refractivity contribution >= 4 is 5.91 Å². The first-order chi connectivity index (χ1) is 9.72. The average Bonchev–Trinajstić information content (AvgIpc) is 3.17. The number of unbranched alkanes of at least 4 members (excludes halogenated alkanes) is 6. The molecular weight excluding hydrogens is 250 g/mol. The third-order valence-corrected chi connectivity index (χ3v) is 4.27. The summed E-state index contributed by atoms with van der Waals surface area (Å²) in [6.45, 7) is 7.94. The molecule has 0 aromatic carbocycles. The van der Waals surface area contributed by atoms with Crippen molar-refractivity contribution in [2.75, 3.05) is 13.1 Å². The SMILES string of the molecule is CCCCCCCCC[C@@H]1O[C@@H]1CC(=O)N(CC)CC. The Hall–Kier alpha value is -0.570. The fourth-order valence-electron chi connectivity index (χ4n) is 2.79. The zero-order valence-corrected chi connectivity index (χ0v) is 13.7. The lowest BCUT2D eigenvalue weighted by Crippen LogP contribution is -2.31. The topological polar surface area (TPSA) is 32.8 Å². The van der Waals surface area contributed by atoms with Gasteiger partial charge < -0.3 is 9.64 Å². The molecule has 1 aliphatic heterocycles. The van der Waals surface area contributed by atoms with E-state index in [1.54, 1.807) is 0 Å². The lowest BCUT2D eigenvalue weighted by molar-refractivity contribution is -0.131. The third kappa shape index (κ3) is 6.74. The number of hydrogen-bond donors (Lipinski definition) is 0. The first kappa shape index (κ1) is 17.5. The van der Waals surface area contributed by atoms with Crippen LogP contribution in [0.15, 0.2) is 0 Å². The zero-order valence-electron chi connectivity index (χ0n) is 13.7. The number of carbonyl (C=O) groups excluding carboxylic acids is 1. The molecule has 0 radical (unpaired) electrons. The number of hydrogen-bond acceptors (Lipinski definition) is 2. The van der Waals surface area contributed by atoms with Crippen LogP contribution in [0.5, 0.6) is 0 Å². The molecule has 2 atom stereocenters. The van der Waals surface area contributed by atoms with Crippen molar-refractivity contribution in [1.29, 1.82) is 0 Å². The number of epoxide rings is 1. The van der Waals surface area contributed by atoms with Gasteiger partial charge in [-0.25, -0.2) is 0 Å². The number of carbonyl (C=O) groups is 1. The molecule has 0 bridgehead atoms. The van der Waals surface area contributed by atoms with E-state index in [9.17, 15) is 4.79 Å². The number of rotatable bonds is 12. The standard InChI is InChI=1S/C17H33NO2/c1-4-7-8-9-10-11-12-13-15-16(20-15)14-17(19)18(5-2)6-3/h15-16H,4-14H2,1-3H3/t15-,16+/m0/s1. The number of nitrogens with zero attached hydrogens (tertiary/aromatic N) is 1. The molecule has 0 spiro atoms. The lowest BCUT2D eigenvalue weighted by atomic mass is 10.1. The molecule has 1 rings (SSSR count). The lowest BCUT2D eigenvalue weighted by Gasteiger charge is -2.17. The Morgan fingerprint density at radius 3 is 2.10 bits per heavy atom. The fourth-order valence-corrected chi connectivity index (χ4v) is 2.79. The Morgan fingerprint density at radius 1 is 0.900 bits per heavy atom. The normalized spacial score (nSPS) is 20.9. The summed E-state index contributed by atoms with van der Waals surface area (Å²) in [6, 6.07) is 0. The van der Waals surface area contributed by atoms with Gasteiger partial charge in [-0.15, -0.1) is 0 Å². The molecule has 0 N–H and O–H groups in total. The van der Waals surface area contributed by atoms with Crippen molar-refractivity contribution in [3.05, 3.63) is 0 Å². The predicted octanol–water partition coefficient (Wildman–Crippen LogP) is 4.15. The summed E-state index contributed by atoms with van der Waals surface area (Å²) in [5, 5.41) is 0. The second kappa shape index (κ2) is 10.2. The van der Waals surface area contributed by atoms with Gasteiger partial charge in [0, 0.05) is 13.1 Å². The summed E-state index contributed by atoms with van der Waals surface area (Å²) >= 11 is 0. The quantitative estimate of drug-likeness (QED) is 0.398. The van der Waals surface area contributed by atoms with E-state index in [2.05, 4.69) is 6.92 Å². The first-order valence-corrected chi connectivity index (χ1v) is 8.66. The number of ether oxygens (including phenoxy) is 1. The van der Waals surface area contributed by atoms with Crippen molar-refractivity contribution in [3.63, 3.8) is 0 Å². The highest BCUT2D eigenvalue weighted by atomic mass is 16.6. The highest BCUT2D eigenvalue weighted by Gasteiger charge is 2.39. The van der Waals surface area contributed by atoms with Gasteiger partial charge in [-0.1, -0.05) is 51.9 Å². The van der Waals surface area contributed by atoms with Crippen LogP contribution in [0.1, 0.15) is 78.6 Å². The van der Waals surface area contributed by atoms with E-state index in [0.29, 0.717) is 12.5 Å². The minimum absolute atomic E-state index is 0.211.